The van der Waals surface area contributed by atoms with Crippen LogP contribution in [0.25, 0.3) is 0 Å². The molecule has 2 rings (SSSR count). The number of nitrogens with one attached hydrogen (secondary N) is 1. The van der Waals surface area contributed by atoms with E-state index in [4.69, 9.17) is 5.26 Å². The number of carbonyl (C=O) groups is 2. The number of nitriles is 1. The molecule has 0 radical (unpaired) electrons. The fourth-order valence-corrected chi connectivity index (χ4v) is 2.73. The van der Waals surface area contributed by atoms with Gasteiger partial charge in [-0.1, -0.05) is 51.1 Å². The Morgan fingerprint density at radius 3 is 2.31 bits per heavy atom. The summed E-state index contributed by atoms with van der Waals surface area (Å²) >= 11 is 0. The minimum Gasteiger partial charge on any atom is -0.323 e. The van der Waals surface area contributed by atoms with Crippen molar-refractivity contribution >= 4 is 23.2 Å². The Hall–Kier alpha value is -3.13. The fourth-order valence-electron chi connectivity index (χ4n) is 2.73. The minimum atomic E-state index is -0.355. The second-order valence-corrected chi connectivity index (χ2v) is 7.08. The molecule has 2 aromatic carbocycles. The second-order valence-electron chi connectivity index (χ2n) is 7.08. The molecule has 0 spiro atoms. The van der Waals surface area contributed by atoms with E-state index in [1.54, 1.807) is 24.3 Å². The van der Waals surface area contributed by atoms with Gasteiger partial charge in [0.05, 0.1) is 11.3 Å². The van der Waals surface area contributed by atoms with Crippen molar-refractivity contribution < 1.29 is 9.59 Å². The standard InChI is InChI=1S/C21H23N3O2/c1-15(25)24(19-12-8-6-10-17(19)21(2,3)4)14-20(26)23-18-11-7-5-9-16(18)13-22/h5-12H,14H2,1-4H3,(H,23,26). The monoisotopic (exact) mass is 349 g/mol. The van der Waals surface area contributed by atoms with Crippen molar-refractivity contribution in [1.29, 1.82) is 5.26 Å². The number of para-hydroxylation sites is 2. The van der Waals surface area contributed by atoms with Crippen LogP contribution in [-0.2, 0) is 15.0 Å². The van der Waals surface area contributed by atoms with E-state index < -0.39 is 0 Å². The maximum atomic E-state index is 12.5. The Labute approximate surface area is 154 Å². The molecule has 5 nitrogen and oxygen atoms in total. The molecule has 0 atom stereocenters. The first-order valence-electron chi connectivity index (χ1n) is 8.40. The normalized spacial score (nSPS) is 10.7. The summed E-state index contributed by atoms with van der Waals surface area (Å²) in [6.07, 6.45) is 0. The zero-order chi connectivity index (χ0) is 19.3. The molecule has 0 aliphatic rings. The number of rotatable bonds is 4. The topological polar surface area (TPSA) is 73.2 Å². The molecule has 0 aromatic heterocycles. The lowest BCUT2D eigenvalue weighted by Gasteiger charge is -2.29. The zero-order valence-corrected chi connectivity index (χ0v) is 15.5. The summed E-state index contributed by atoms with van der Waals surface area (Å²) < 4.78 is 0. The summed E-state index contributed by atoms with van der Waals surface area (Å²) in [7, 11) is 0. The lowest BCUT2D eigenvalue weighted by Crippen LogP contribution is -2.38. The van der Waals surface area contributed by atoms with Crippen LogP contribution in [0.3, 0.4) is 0 Å². The number of amides is 2. The number of hydrogen-bond donors (Lipinski definition) is 1. The van der Waals surface area contributed by atoms with Crippen molar-refractivity contribution in [1.82, 2.24) is 0 Å². The highest BCUT2D eigenvalue weighted by Crippen LogP contribution is 2.32. The predicted octanol–water partition coefficient (Wildman–Crippen LogP) is 3.85. The Bertz CT molecular complexity index is 860. The van der Waals surface area contributed by atoms with Gasteiger partial charge in [0.25, 0.3) is 0 Å². The van der Waals surface area contributed by atoms with Gasteiger partial charge in [-0.25, -0.2) is 0 Å². The van der Waals surface area contributed by atoms with Gasteiger partial charge in [0.2, 0.25) is 11.8 Å². The summed E-state index contributed by atoms with van der Waals surface area (Å²) in [6.45, 7) is 7.51. The van der Waals surface area contributed by atoms with Gasteiger partial charge in [-0.15, -0.1) is 0 Å². The average Bonchev–Trinajstić information content (AvgIpc) is 2.59. The summed E-state index contributed by atoms with van der Waals surface area (Å²) in [5.41, 5.74) is 2.35. The van der Waals surface area contributed by atoms with Gasteiger partial charge < -0.3 is 10.2 Å². The van der Waals surface area contributed by atoms with Crippen LogP contribution >= 0.6 is 0 Å². The number of anilines is 2. The van der Waals surface area contributed by atoms with E-state index in [1.165, 1.54) is 11.8 Å². The van der Waals surface area contributed by atoms with Crippen LogP contribution in [-0.4, -0.2) is 18.4 Å². The van der Waals surface area contributed by atoms with Gasteiger partial charge >= 0.3 is 0 Å². The summed E-state index contributed by atoms with van der Waals surface area (Å²) in [6, 6.07) is 16.4. The van der Waals surface area contributed by atoms with E-state index in [0.717, 1.165) is 11.3 Å². The minimum absolute atomic E-state index is 0.123. The quantitative estimate of drug-likeness (QED) is 0.911. The van der Waals surface area contributed by atoms with Gasteiger partial charge in [-0.05, 0) is 29.2 Å². The first kappa shape index (κ1) is 19.2. The molecule has 0 aliphatic carbocycles. The number of hydrogen-bond acceptors (Lipinski definition) is 3. The van der Waals surface area contributed by atoms with Crippen LogP contribution < -0.4 is 10.2 Å². The molecule has 0 heterocycles. The molecule has 5 heteroatoms. The summed E-state index contributed by atoms with van der Waals surface area (Å²) in [4.78, 5) is 26.2. The number of carbonyl (C=O) groups excluding carboxylic acids is 2. The highest BCUT2D eigenvalue weighted by atomic mass is 16.2. The van der Waals surface area contributed by atoms with E-state index in [-0.39, 0.29) is 23.8 Å². The van der Waals surface area contributed by atoms with Crippen LogP contribution in [0, 0.1) is 11.3 Å². The van der Waals surface area contributed by atoms with E-state index in [0.29, 0.717) is 11.3 Å². The van der Waals surface area contributed by atoms with E-state index >= 15 is 0 Å². The molecule has 1 N–H and O–H groups in total. The van der Waals surface area contributed by atoms with Gasteiger partial charge in [0.1, 0.15) is 12.6 Å². The Balaban J connectivity index is 2.29. The molecule has 2 amide bonds. The summed E-state index contributed by atoms with van der Waals surface area (Å²) in [5.74, 6) is -0.572. The van der Waals surface area contributed by atoms with Crippen molar-refractivity contribution in [3.05, 3.63) is 59.7 Å². The lowest BCUT2D eigenvalue weighted by molar-refractivity contribution is -0.120. The molecule has 0 saturated carbocycles. The van der Waals surface area contributed by atoms with E-state index in [9.17, 15) is 9.59 Å². The Kier molecular flexibility index (Phi) is 5.78. The Morgan fingerprint density at radius 1 is 1.08 bits per heavy atom. The third-order valence-electron chi connectivity index (χ3n) is 4.01. The van der Waals surface area contributed by atoms with Crippen LogP contribution in [0.4, 0.5) is 11.4 Å². The fraction of sp³-hybridized carbons (Fsp3) is 0.286. The smallest absolute Gasteiger partial charge is 0.244 e. The van der Waals surface area contributed by atoms with E-state index in [2.05, 4.69) is 26.1 Å². The maximum absolute atomic E-state index is 12.5. The third kappa shape index (κ3) is 4.48. The predicted molar refractivity (Wildman–Crippen MR) is 103 cm³/mol. The molecular formula is C21H23N3O2. The highest BCUT2D eigenvalue weighted by Gasteiger charge is 2.24. The molecule has 0 unspecified atom stereocenters. The van der Waals surface area contributed by atoms with Gasteiger partial charge in [0.15, 0.2) is 0 Å². The first-order valence-corrected chi connectivity index (χ1v) is 8.40. The molecule has 134 valence electrons. The molecule has 2 aromatic rings. The van der Waals surface area contributed by atoms with Gasteiger partial charge in [-0.2, -0.15) is 5.26 Å². The molecule has 0 saturated heterocycles. The average molecular weight is 349 g/mol. The molecule has 0 aliphatic heterocycles. The largest absolute Gasteiger partial charge is 0.323 e. The van der Waals surface area contributed by atoms with Crippen molar-refractivity contribution in [3.63, 3.8) is 0 Å². The van der Waals surface area contributed by atoms with Crippen LogP contribution in [0.5, 0.6) is 0 Å². The van der Waals surface area contributed by atoms with Gasteiger partial charge in [0, 0.05) is 12.6 Å². The second kappa shape index (κ2) is 7.83. The molecular weight excluding hydrogens is 326 g/mol. The highest BCUT2D eigenvalue weighted by molar-refractivity contribution is 6.02. The zero-order valence-electron chi connectivity index (χ0n) is 15.5. The summed E-state index contributed by atoms with van der Waals surface area (Å²) in [5, 5.41) is 11.9. The van der Waals surface area contributed by atoms with Crippen molar-refractivity contribution in [2.75, 3.05) is 16.8 Å². The lowest BCUT2D eigenvalue weighted by atomic mass is 9.85. The van der Waals surface area contributed by atoms with Crippen molar-refractivity contribution in [2.45, 2.75) is 33.1 Å². The van der Waals surface area contributed by atoms with Crippen LogP contribution in [0.15, 0.2) is 48.5 Å². The van der Waals surface area contributed by atoms with Crippen molar-refractivity contribution in [2.24, 2.45) is 0 Å². The molecule has 0 fully saturated rings. The first-order chi connectivity index (χ1) is 12.2. The maximum Gasteiger partial charge on any atom is 0.244 e. The molecule has 0 bridgehead atoms. The van der Waals surface area contributed by atoms with Crippen LogP contribution in [0.1, 0.15) is 38.8 Å². The molecule has 26 heavy (non-hydrogen) atoms. The van der Waals surface area contributed by atoms with E-state index in [1.807, 2.05) is 30.3 Å². The van der Waals surface area contributed by atoms with Gasteiger partial charge in [-0.3, -0.25) is 9.59 Å². The van der Waals surface area contributed by atoms with Crippen LogP contribution in [0.2, 0.25) is 0 Å². The third-order valence-corrected chi connectivity index (χ3v) is 4.01. The van der Waals surface area contributed by atoms with Crippen molar-refractivity contribution in [3.8, 4) is 6.07 Å². The SMILES string of the molecule is CC(=O)N(CC(=O)Nc1ccccc1C#N)c1ccccc1C(C)(C)C. The number of benzene rings is 2. The number of nitrogens with zero attached hydrogens (tertiary/aromatic N) is 2. The Morgan fingerprint density at radius 2 is 1.69 bits per heavy atom.